The number of hydrogen-bond donors (Lipinski definition) is 0. The maximum absolute atomic E-state index is 9.50. The Kier molecular flexibility index (Phi) is 4.20. The topological polar surface area (TPSA) is 23.8 Å². The molecule has 1 aliphatic carbocycles. The van der Waals surface area contributed by atoms with Crippen LogP contribution in [0.5, 0.6) is 0 Å². The van der Waals surface area contributed by atoms with Crippen molar-refractivity contribution in [1.82, 2.24) is 0 Å². The Labute approximate surface area is 138 Å². The van der Waals surface area contributed by atoms with E-state index in [-0.39, 0.29) is 11.3 Å². The first-order valence-corrected chi connectivity index (χ1v) is 8.09. The normalized spacial score (nSPS) is 19.0. The standard InChI is InChI=1S/C22H21N/c1-22(2)14-19(20(15-22)16-23)13-21(17-9-5-3-6-10-17)18-11-7-4-8-12-18/h3-12,20H,14-15H2,1-2H3. The largest absolute Gasteiger partial charge is 0.198 e. The number of allylic oxidation sites excluding steroid dienone is 1. The zero-order valence-corrected chi connectivity index (χ0v) is 13.7. The summed E-state index contributed by atoms with van der Waals surface area (Å²) in [5.74, 6) is -0.0209. The molecule has 0 spiro atoms. The van der Waals surface area contributed by atoms with Gasteiger partial charge in [0.25, 0.3) is 0 Å². The highest BCUT2D eigenvalue weighted by atomic mass is 14.4. The highest BCUT2D eigenvalue weighted by Gasteiger charge is 2.35. The van der Waals surface area contributed by atoms with Crippen LogP contribution in [0.3, 0.4) is 0 Å². The lowest BCUT2D eigenvalue weighted by Crippen LogP contribution is -2.04. The summed E-state index contributed by atoms with van der Waals surface area (Å²) in [6, 6.07) is 23.1. The van der Waals surface area contributed by atoms with Crippen LogP contribution in [-0.2, 0) is 0 Å². The summed E-state index contributed by atoms with van der Waals surface area (Å²) in [4.78, 5) is 0. The monoisotopic (exact) mass is 299 g/mol. The van der Waals surface area contributed by atoms with Crippen LogP contribution in [0.15, 0.2) is 72.0 Å². The molecule has 1 unspecified atom stereocenters. The van der Waals surface area contributed by atoms with Crippen LogP contribution in [0, 0.1) is 22.7 Å². The second-order valence-corrected chi connectivity index (χ2v) is 6.98. The lowest BCUT2D eigenvalue weighted by molar-refractivity contribution is 0.376. The summed E-state index contributed by atoms with van der Waals surface area (Å²) in [7, 11) is 0. The van der Waals surface area contributed by atoms with Gasteiger partial charge in [0.2, 0.25) is 0 Å². The molecule has 0 saturated heterocycles. The zero-order chi connectivity index (χ0) is 16.3. The van der Waals surface area contributed by atoms with Crippen molar-refractivity contribution < 1.29 is 0 Å². The Morgan fingerprint density at radius 1 is 0.957 bits per heavy atom. The first-order chi connectivity index (χ1) is 11.1. The van der Waals surface area contributed by atoms with E-state index in [9.17, 15) is 5.26 Å². The predicted molar refractivity (Wildman–Crippen MR) is 94.5 cm³/mol. The van der Waals surface area contributed by atoms with Crippen molar-refractivity contribution in [1.29, 1.82) is 5.26 Å². The van der Waals surface area contributed by atoms with Crippen molar-refractivity contribution >= 4 is 5.57 Å². The number of hydrogen-bond acceptors (Lipinski definition) is 1. The van der Waals surface area contributed by atoms with Gasteiger partial charge in [-0.1, -0.05) is 74.5 Å². The van der Waals surface area contributed by atoms with Gasteiger partial charge in [0, 0.05) is 5.57 Å². The Morgan fingerprint density at radius 2 is 1.48 bits per heavy atom. The van der Waals surface area contributed by atoms with E-state index in [1.807, 2.05) is 36.4 Å². The maximum Gasteiger partial charge on any atom is 0.0752 e. The lowest BCUT2D eigenvalue weighted by atomic mass is 9.91. The molecule has 1 heteroatoms. The summed E-state index contributed by atoms with van der Waals surface area (Å²) in [6.45, 7) is 4.47. The fourth-order valence-corrected chi connectivity index (χ4v) is 3.32. The molecule has 0 bridgehead atoms. The molecule has 0 aromatic heterocycles. The first-order valence-electron chi connectivity index (χ1n) is 8.09. The molecular weight excluding hydrogens is 278 g/mol. The van der Waals surface area contributed by atoms with E-state index < -0.39 is 0 Å². The van der Waals surface area contributed by atoms with Crippen LogP contribution < -0.4 is 0 Å². The quantitative estimate of drug-likeness (QED) is 0.662. The molecule has 1 atom stereocenters. The molecule has 1 nitrogen and oxygen atoms in total. The van der Waals surface area contributed by atoms with Gasteiger partial charge in [-0.3, -0.25) is 0 Å². The minimum Gasteiger partial charge on any atom is -0.198 e. The van der Waals surface area contributed by atoms with Crippen LogP contribution in [0.25, 0.3) is 5.57 Å². The molecule has 3 rings (SSSR count). The van der Waals surface area contributed by atoms with Crippen molar-refractivity contribution in [2.24, 2.45) is 11.3 Å². The second kappa shape index (κ2) is 6.29. The van der Waals surface area contributed by atoms with Gasteiger partial charge in [0.1, 0.15) is 0 Å². The van der Waals surface area contributed by atoms with Crippen molar-refractivity contribution in [2.45, 2.75) is 26.7 Å². The van der Waals surface area contributed by atoms with Crippen LogP contribution >= 0.6 is 0 Å². The fourth-order valence-electron chi connectivity index (χ4n) is 3.32. The Bertz CT molecular complexity index is 743. The molecule has 0 amide bonds. The van der Waals surface area contributed by atoms with Gasteiger partial charge < -0.3 is 0 Å². The highest BCUT2D eigenvalue weighted by Crippen LogP contribution is 2.44. The summed E-state index contributed by atoms with van der Waals surface area (Å²) < 4.78 is 0. The molecule has 0 radical (unpaired) electrons. The minimum atomic E-state index is -0.0209. The molecule has 114 valence electrons. The van der Waals surface area contributed by atoms with E-state index in [0.29, 0.717) is 0 Å². The lowest BCUT2D eigenvalue weighted by Gasteiger charge is -2.14. The molecule has 2 aromatic carbocycles. The van der Waals surface area contributed by atoms with Crippen LogP contribution in [0.4, 0.5) is 0 Å². The molecule has 1 aliphatic rings. The number of nitrogens with zero attached hydrogens (tertiary/aromatic N) is 1. The van der Waals surface area contributed by atoms with Crippen molar-refractivity contribution in [2.75, 3.05) is 0 Å². The predicted octanol–water partition coefficient (Wildman–Crippen LogP) is 5.60. The summed E-state index contributed by atoms with van der Waals surface area (Å²) in [6.07, 6.45) is 1.86. The zero-order valence-electron chi connectivity index (χ0n) is 13.7. The van der Waals surface area contributed by atoms with Crippen LogP contribution in [0.1, 0.15) is 37.8 Å². The summed E-state index contributed by atoms with van der Waals surface area (Å²) in [5, 5.41) is 9.50. The fraction of sp³-hybridized carbons (Fsp3) is 0.273. The Morgan fingerprint density at radius 3 is 1.96 bits per heavy atom. The van der Waals surface area contributed by atoms with Gasteiger partial charge in [0.15, 0.2) is 0 Å². The third kappa shape index (κ3) is 3.45. The van der Waals surface area contributed by atoms with Gasteiger partial charge in [-0.15, -0.1) is 5.73 Å². The maximum atomic E-state index is 9.50. The van der Waals surface area contributed by atoms with Crippen molar-refractivity contribution in [3.63, 3.8) is 0 Å². The van der Waals surface area contributed by atoms with Gasteiger partial charge in [-0.25, -0.2) is 0 Å². The second-order valence-electron chi connectivity index (χ2n) is 6.98. The Hall–Kier alpha value is -2.55. The molecule has 0 heterocycles. The van der Waals surface area contributed by atoms with Crippen molar-refractivity contribution in [3.05, 3.63) is 83.1 Å². The molecular formula is C22H21N. The average molecular weight is 299 g/mol. The van der Waals surface area contributed by atoms with Gasteiger partial charge in [0.05, 0.1) is 12.0 Å². The third-order valence-corrected chi connectivity index (χ3v) is 4.41. The highest BCUT2D eigenvalue weighted by molar-refractivity contribution is 5.79. The minimum absolute atomic E-state index is 0.0209. The smallest absolute Gasteiger partial charge is 0.0752 e. The summed E-state index contributed by atoms with van der Waals surface area (Å²) in [5.41, 5.74) is 8.31. The summed E-state index contributed by atoms with van der Waals surface area (Å²) >= 11 is 0. The van der Waals surface area contributed by atoms with E-state index in [2.05, 4.69) is 49.9 Å². The Balaban J connectivity index is 2.20. The number of benzene rings is 2. The van der Waals surface area contributed by atoms with E-state index in [4.69, 9.17) is 0 Å². The third-order valence-electron chi connectivity index (χ3n) is 4.41. The van der Waals surface area contributed by atoms with E-state index in [0.717, 1.165) is 35.1 Å². The van der Waals surface area contributed by atoms with Gasteiger partial charge >= 0.3 is 0 Å². The molecule has 2 aromatic rings. The molecule has 1 fully saturated rings. The number of rotatable bonds is 2. The van der Waals surface area contributed by atoms with Crippen molar-refractivity contribution in [3.8, 4) is 6.07 Å². The first kappa shape index (κ1) is 15.3. The molecule has 0 aliphatic heterocycles. The van der Waals surface area contributed by atoms with Gasteiger partial charge in [-0.2, -0.15) is 5.26 Å². The van der Waals surface area contributed by atoms with E-state index >= 15 is 0 Å². The van der Waals surface area contributed by atoms with Crippen LogP contribution in [-0.4, -0.2) is 0 Å². The average Bonchev–Trinajstić information content (AvgIpc) is 2.88. The number of nitriles is 1. The van der Waals surface area contributed by atoms with Gasteiger partial charge in [-0.05, 0) is 35.0 Å². The SMILES string of the molecule is CC1(C)CC(=C=C(c2ccccc2)c2ccccc2)C(C#N)C1. The van der Waals surface area contributed by atoms with Crippen LogP contribution in [0.2, 0.25) is 0 Å². The molecule has 23 heavy (non-hydrogen) atoms. The molecule has 0 N–H and O–H groups in total. The molecule has 1 saturated carbocycles. The van der Waals surface area contributed by atoms with E-state index in [1.165, 1.54) is 0 Å². The van der Waals surface area contributed by atoms with E-state index in [1.54, 1.807) is 0 Å².